The first-order chi connectivity index (χ1) is 8.92. The second-order valence-corrected chi connectivity index (χ2v) is 7.67. The lowest BCUT2D eigenvalue weighted by Gasteiger charge is -2.38. The van der Waals surface area contributed by atoms with Crippen molar-refractivity contribution in [2.75, 3.05) is 6.54 Å². The van der Waals surface area contributed by atoms with E-state index in [1.165, 1.54) is 32.2 Å². The summed E-state index contributed by atoms with van der Waals surface area (Å²) in [5.74, 6) is 0. The van der Waals surface area contributed by atoms with Crippen molar-refractivity contribution >= 4 is 0 Å². The van der Waals surface area contributed by atoms with E-state index in [0.717, 1.165) is 0 Å². The minimum Gasteiger partial charge on any atom is -0.291 e. The van der Waals surface area contributed by atoms with Gasteiger partial charge in [-0.3, -0.25) is 4.90 Å². The van der Waals surface area contributed by atoms with Gasteiger partial charge in [-0.1, -0.05) is 31.2 Å². The van der Waals surface area contributed by atoms with Crippen molar-refractivity contribution in [3.05, 3.63) is 35.4 Å². The molecule has 0 amide bonds. The van der Waals surface area contributed by atoms with Crippen LogP contribution in [0.25, 0.3) is 0 Å². The standard InChI is InChI=1S/C18H27N/c1-17(2,3)19-13-7-10-16(19)14-8-5-6-9-15(14)18(4)11-12-18/h5-6,8-9,16H,7,10-13H2,1-4H3. The maximum Gasteiger partial charge on any atom is 0.0356 e. The zero-order chi connectivity index (χ0) is 13.7. The first kappa shape index (κ1) is 13.2. The first-order valence-electron chi connectivity index (χ1n) is 7.78. The summed E-state index contributed by atoms with van der Waals surface area (Å²) in [6, 6.07) is 9.84. The average molecular weight is 257 g/mol. The van der Waals surface area contributed by atoms with Crippen LogP contribution in [0.3, 0.4) is 0 Å². The first-order valence-corrected chi connectivity index (χ1v) is 7.78. The van der Waals surface area contributed by atoms with Crippen molar-refractivity contribution in [2.24, 2.45) is 0 Å². The maximum absolute atomic E-state index is 2.71. The molecule has 2 fully saturated rings. The molecule has 0 radical (unpaired) electrons. The molecular weight excluding hydrogens is 230 g/mol. The van der Waals surface area contributed by atoms with Crippen LogP contribution in [-0.2, 0) is 5.41 Å². The van der Waals surface area contributed by atoms with Crippen molar-refractivity contribution in [1.82, 2.24) is 4.90 Å². The van der Waals surface area contributed by atoms with Gasteiger partial charge in [0.1, 0.15) is 0 Å². The van der Waals surface area contributed by atoms with Gasteiger partial charge in [0.2, 0.25) is 0 Å². The van der Waals surface area contributed by atoms with Gasteiger partial charge in [0.25, 0.3) is 0 Å². The Balaban J connectivity index is 1.98. The van der Waals surface area contributed by atoms with E-state index in [2.05, 4.69) is 56.9 Å². The summed E-state index contributed by atoms with van der Waals surface area (Å²) in [6.45, 7) is 10.7. The molecule has 104 valence electrons. The van der Waals surface area contributed by atoms with E-state index in [1.807, 2.05) is 0 Å². The molecule has 1 aliphatic heterocycles. The van der Waals surface area contributed by atoms with E-state index in [4.69, 9.17) is 0 Å². The van der Waals surface area contributed by atoms with Crippen LogP contribution < -0.4 is 0 Å². The summed E-state index contributed by atoms with van der Waals surface area (Å²) >= 11 is 0. The van der Waals surface area contributed by atoms with Gasteiger partial charge in [0.05, 0.1) is 0 Å². The summed E-state index contributed by atoms with van der Waals surface area (Å²) in [5, 5.41) is 0. The minimum atomic E-state index is 0.277. The van der Waals surface area contributed by atoms with Gasteiger partial charge in [-0.2, -0.15) is 0 Å². The van der Waals surface area contributed by atoms with Crippen LogP contribution in [0, 0.1) is 0 Å². The molecule has 1 aromatic rings. The van der Waals surface area contributed by atoms with Crippen molar-refractivity contribution in [2.45, 2.75) is 70.4 Å². The summed E-state index contributed by atoms with van der Waals surface area (Å²) in [6.07, 6.45) is 5.40. The van der Waals surface area contributed by atoms with Gasteiger partial charge >= 0.3 is 0 Å². The molecule has 1 heterocycles. The molecule has 1 saturated heterocycles. The maximum atomic E-state index is 2.71. The Kier molecular flexibility index (Phi) is 3.01. The predicted molar refractivity (Wildman–Crippen MR) is 81.5 cm³/mol. The second-order valence-electron chi connectivity index (χ2n) is 7.67. The SMILES string of the molecule is CC1(c2ccccc2C2CCCN2C(C)(C)C)CC1. The van der Waals surface area contributed by atoms with E-state index in [1.54, 1.807) is 11.1 Å². The summed E-state index contributed by atoms with van der Waals surface area (Å²) in [4.78, 5) is 2.71. The smallest absolute Gasteiger partial charge is 0.0356 e. The van der Waals surface area contributed by atoms with Gasteiger partial charge in [0, 0.05) is 11.6 Å². The molecule has 19 heavy (non-hydrogen) atoms. The average Bonchev–Trinajstić information content (AvgIpc) is 2.93. The Hall–Kier alpha value is -0.820. The molecule has 1 saturated carbocycles. The third kappa shape index (κ3) is 2.33. The van der Waals surface area contributed by atoms with Crippen LogP contribution in [0.15, 0.2) is 24.3 Å². The number of benzene rings is 1. The molecule has 2 aliphatic rings. The van der Waals surface area contributed by atoms with Crippen LogP contribution in [0.1, 0.15) is 70.5 Å². The number of hydrogen-bond donors (Lipinski definition) is 0. The lowest BCUT2D eigenvalue weighted by molar-refractivity contribution is 0.121. The molecular formula is C18H27N. The number of nitrogens with zero attached hydrogens (tertiary/aromatic N) is 1. The molecule has 1 heteroatoms. The molecule has 0 aromatic heterocycles. The van der Waals surface area contributed by atoms with Crippen LogP contribution >= 0.6 is 0 Å². The molecule has 1 nitrogen and oxygen atoms in total. The minimum absolute atomic E-state index is 0.277. The van der Waals surface area contributed by atoms with E-state index in [-0.39, 0.29) is 5.54 Å². The van der Waals surface area contributed by atoms with E-state index < -0.39 is 0 Å². The van der Waals surface area contributed by atoms with Gasteiger partial charge in [0.15, 0.2) is 0 Å². The molecule has 1 atom stereocenters. The fourth-order valence-corrected chi connectivity index (χ4v) is 3.69. The fourth-order valence-electron chi connectivity index (χ4n) is 3.69. The highest BCUT2D eigenvalue weighted by atomic mass is 15.2. The van der Waals surface area contributed by atoms with Crippen LogP contribution in [-0.4, -0.2) is 17.0 Å². The Labute approximate surface area is 118 Å². The van der Waals surface area contributed by atoms with E-state index >= 15 is 0 Å². The van der Waals surface area contributed by atoms with Gasteiger partial charge in [-0.15, -0.1) is 0 Å². The number of hydrogen-bond acceptors (Lipinski definition) is 1. The highest BCUT2D eigenvalue weighted by Crippen LogP contribution is 2.51. The summed E-state index contributed by atoms with van der Waals surface area (Å²) < 4.78 is 0. The van der Waals surface area contributed by atoms with Crippen molar-refractivity contribution in [3.63, 3.8) is 0 Å². The van der Waals surface area contributed by atoms with Crippen LogP contribution in [0.2, 0.25) is 0 Å². The summed E-state index contributed by atoms with van der Waals surface area (Å²) in [7, 11) is 0. The third-order valence-corrected chi connectivity index (χ3v) is 5.08. The van der Waals surface area contributed by atoms with Gasteiger partial charge in [-0.05, 0) is 69.5 Å². The lowest BCUT2D eigenvalue weighted by atomic mass is 9.87. The zero-order valence-corrected chi connectivity index (χ0v) is 12.9. The number of rotatable bonds is 2. The molecule has 1 aromatic carbocycles. The molecule has 0 spiro atoms. The topological polar surface area (TPSA) is 3.24 Å². The van der Waals surface area contributed by atoms with Gasteiger partial charge in [-0.25, -0.2) is 0 Å². The third-order valence-electron chi connectivity index (χ3n) is 5.08. The highest BCUT2D eigenvalue weighted by Gasteiger charge is 2.43. The molecule has 0 bridgehead atoms. The number of likely N-dealkylation sites (tertiary alicyclic amines) is 1. The Bertz CT molecular complexity index is 465. The summed E-state index contributed by atoms with van der Waals surface area (Å²) in [5.41, 5.74) is 3.98. The Morgan fingerprint density at radius 3 is 2.47 bits per heavy atom. The van der Waals surface area contributed by atoms with Crippen LogP contribution in [0.4, 0.5) is 0 Å². The highest BCUT2D eigenvalue weighted by molar-refractivity contribution is 5.40. The lowest BCUT2D eigenvalue weighted by Crippen LogP contribution is -2.41. The quantitative estimate of drug-likeness (QED) is 0.744. The van der Waals surface area contributed by atoms with Crippen molar-refractivity contribution < 1.29 is 0 Å². The largest absolute Gasteiger partial charge is 0.291 e. The van der Waals surface area contributed by atoms with Crippen molar-refractivity contribution in [1.29, 1.82) is 0 Å². The fraction of sp³-hybridized carbons (Fsp3) is 0.667. The second kappa shape index (κ2) is 4.34. The molecule has 0 N–H and O–H groups in total. The normalized spacial score (nSPS) is 26.6. The van der Waals surface area contributed by atoms with Gasteiger partial charge < -0.3 is 0 Å². The Morgan fingerprint density at radius 1 is 1.16 bits per heavy atom. The Morgan fingerprint density at radius 2 is 1.84 bits per heavy atom. The zero-order valence-electron chi connectivity index (χ0n) is 12.9. The monoisotopic (exact) mass is 257 g/mol. The molecule has 3 rings (SSSR count). The van der Waals surface area contributed by atoms with E-state index in [9.17, 15) is 0 Å². The molecule has 1 unspecified atom stereocenters. The predicted octanol–water partition coefficient (Wildman–Crippen LogP) is 4.67. The van der Waals surface area contributed by atoms with Crippen molar-refractivity contribution in [3.8, 4) is 0 Å². The van der Waals surface area contributed by atoms with E-state index in [0.29, 0.717) is 11.5 Å². The molecule has 1 aliphatic carbocycles. The van der Waals surface area contributed by atoms with Crippen LogP contribution in [0.5, 0.6) is 0 Å².